The normalized spacial score (nSPS) is 16.0. The van der Waals surface area contributed by atoms with E-state index in [0.29, 0.717) is 23.8 Å². The summed E-state index contributed by atoms with van der Waals surface area (Å²) in [5, 5.41) is 0. The van der Waals surface area contributed by atoms with Crippen LogP contribution in [0, 0.1) is 6.92 Å². The van der Waals surface area contributed by atoms with Gasteiger partial charge in [-0.2, -0.15) is 0 Å². The molecule has 0 bridgehead atoms. The Kier molecular flexibility index (Phi) is 6.35. The highest BCUT2D eigenvalue weighted by molar-refractivity contribution is 5.97. The Labute approximate surface area is 189 Å². The van der Waals surface area contributed by atoms with Crippen LogP contribution in [-0.2, 0) is 0 Å². The summed E-state index contributed by atoms with van der Waals surface area (Å²) in [6, 6.07) is 9.24. The largest absolute Gasteiger partial charge is 0.496 e. The summed E-state index contributed by atoms with van der Waals surface area (Å²) in [7, 11) is 5.45. The summed E-state index contributed by atoms with van der Waals surface area (Å²) in [6.45, 7) is 2.71. The van der Waals surface area contributed by atoms with Gasteiger partial charge in [0.05, 0.1) is 24.4 Å². The molecule has 3 aromatic rings. The standard InChI is InChI=1S/C25H29N5O2/c1-17-15-26-13-12-18(17)20-16-27-25(29(2)3)28-23(20)21-10-7-8-14-30(21)24(31)19-9-5-6-11-22(19)32-4/h5-6,9,11-13,15-16,21H,7-8,10,14H2,1-4H3. The molecule has 1 fully saturated rings. The van der Waals surface area contributed by atoms with Crippen molar-refractivity contribution in [3.63, 3.8) is 0 Å². The number of pyridine rings is 1. The van der Waals surface area contributed by atoms with Gasteiger partial charge in [0, 0.05) is 44.8 Å². The molecule has 1 aromatic carbocycles. The first-order valence-electron chi connectivity index (χ1n) is 10.9. The summed E-state index contributed by atoms with van der Waals surface area (Å²) in [5.74, 6) is 1.18. The number of rotatable bonds is 5. The van der Waals surface area contributed by atoms with E-state index in [1.54, 1.807) is 13.3 Å². The number of carbonyl (C=O) groups excluding carboxylic acids is 1. The second kappa shape index (κ2) is 9.34. The quantitative estimate of drug-likeness (QED) is 0.600. The van der Waals surface area contributed by atoms with Gasteiger partial charge in [0.1, 0.15) is 5.75 Å². The zero-order valence-electron chi connectivity index (χ0n) is 19.1. The summed E-state index contributed by atoms with van der Waals surface area (Å²) in [5.41, 5.74) is 4.48. The molecule has 0 radical (unpaired) electrons. The molecule has 0 saturated carbocycles. The van der Waals surface area contributed by atoms with Crippen molar-refractivity contribution >= 4 is 11.9 Å². The van der Waals surface area contributed by atoms with E-state index >= 15 is 0 Å². The van der Waals surface area contributed by atoms with E-state index in [9.17, 15) is 4.79 Å². The number of amides is 1. The van der Waals surface area contributed by atoms with Crippen LogP contribution in [0.1, 0.15) is 46.9 Å². The first kappa shape index (κ1) is 21.7. The van der Waals surface area contributed by atoms with Gasteiger partial charge >= 0.3 is 0 Å². The molecule has 0 spiro atoms. The maximum Gasteiger partial charge on any atom is 0.258 e. The molecule has 2 aromatic heterocycles. The number of aromatic nitrogens is 3. The van der Waals surface area contributed by atoms with E-state index in [-0.39, 0.29) is 11.9 Å². The third-order valence-corrected chi connectivity index (χ3v) is 5.93. The van der Waals surface area contributed by atoms with Crippen LogP contribution < -0.4 is 9.64 Å². The van der Waals surface area contributed by atoms with Gasteiger partial charge < -0.3 is 14.5 Å². The lowest BCUT2D eigenvalue weighted by atomic mass is 9.92. The number of nitrogens with zero attached hydrogens (tertiary/aromatic N) is 5. The highest BCUT2D eigenvalue weighted by atomic mass is 16.5. The zero-order valence-corrected chi connectivity index (χ0v) is 19.1. The summed E-state index contributed by atoms with van der Waals surface area (Å²) < 4.78 is 5.47. The summed E-state index contributed by atoms with van der Waals surface area (Å²) in [6.07, 6.45) is 8.35. The summed E-state index contributed by atoms with van der Waals surface area (Å²) >= 11 is 0. The average molecular weight is 432 g/mol. The van der Waals surface area contributed by atoms with Crippen LogP contribution in [0.25, 0.3) is 11.1 Å². The number of aryl methyl sites for hydroxylation is 1. The number of likely N-dealkylation sites (tertiary alicyclic amines) is 1. The van der Waals surface area contributed by atoms with Gasteiger partial charge in [-0.1, -0.05) is 12.1 Å². The molecule has 1 saturated heterocycles. The molecule has 1 aliphatic rings. The Bertz CT molecular complexity index is 1110. The van der Waals surface area contributed by atoms with Crippen LogP contribution in [-0.4, -0.2) is 53.5 Å². The highest BCUT2D eigenvalue weighted by Gasteiger charge is 2.33. The maximum atomic E-state index is 13.7. The van der Waals surface area contributed by atoms with Crippen molar-refractivity contribution in [3.05, 3.63) is 65.7 Å². The maximum absolute atomic E-state index is 13.7. The zero-order chi connectivity index (χ0) is 22.7. The molecule has 1 aliphatic heterocycles. The minimum absolute atomic E-state index is 0.0328. The Morgan fingerprint density at radius 3 is 2.69 bits per heavy atom. The van der Waals surface area contributed by atoms with E-state index in [1.807, 2.05) is 73.5 Å². The van der Waals surface area contributed by atoms with Crippen molar-refractivity contribution in [3.8, 4) is 16.9 Å². The lowest BCUT2D eigenvalue weighted by Gasteiger charge is -2.37. The van der Waals surface area contributed by atoms with Gasteiger partial charge in [0.2, 0.25) is 5.95 Å². The third-order valence-electron chi connectivity index (χ3n) is 5.93. The van der Waals surface area contributed by atoms with Crippen LogP contribution in [0.15, 0.2) is 48.9 Å². The molecule has 1 unspecified atom stereocenters. The van der Waals surface area contributed by atoms with Gasteiger partial charge in [0.15, 0.2) is 0 Å². The second-order valence-electron chi connectivity index (χ2n) is 8.26. The van der Waals surface area contributed by atoms with E-state index in [4.69, 9.17) is 9.72 Å². The molecule has 0 N–H and O–H groups in total. The van der Waals surface area contributed by atoms with E-state index in [0.717, 1.165) is 41.6 Å². The first-order valence-corrected chi connectivity index (χ1v) is 10.9. The number of ether oxygens (including phenoxy) is 1. The van der Waals surface area contributed by atoms with Crippen LogP contribution >= 0.6 is 0 Å². The first-order chi connectivity index (χ1) is 15.5. The van der Waals surface area contributed by atoms with Crippen molar-refractivity contribution in [1.29, 1.82) is 0 Å². The van der Waals surface area contributed by atoms with Gasteiger partial charge in [-0.3, -0.25) is 9.78 Å². The molecule has 4 rings (SSSR count). The predicted molar refractivity (Wildman–Crippen MR) is 125 cm³/mol. The fraction of sp³-hybridized carbons (Fsp3) is 0.360. The lowest BCUT2D eigenvalue weighted by molar-refractivity contribution is 0.0603. The predicted octanol–water partition coefficient (Wildman–Crippen LogP) is 4.29. The molecule has 0 aliphatic carbocycles. The van der Waals surface area contributed by atoms with Crippen LogP contribution in [0.2, 0.25) is 0 Å². The SMILES string of the molecule is COc1ccccc1C(=O)N1CCCCC1c1nc(N(C)C)ncc1-c1ccncc1C. The van der Waals surface area contributed by atoms with Gasteiger partial charge in [-0.05, 0) is 55.5 Å². The number of hydrogen-bond acceptors (Lipinski definition) is 6. The number of hydrogen-bond donors (Lipinski definition) is 0. The second-order valence-corrected chi connectivity index (χ2v) is 8.26. The van der Waals surface area contributed by atoms with Crippen LogP contribution in [0.4, 0.5) is 5.95 Å². The number of benzene rings is 1. The Morgan fingerprint density at radius 1 is 1.12 bits per heavy atom. The smallest absolute Gasteiger partial charge is 0.258 e. The fourth-order valence-electron chi connectivity index (χ4n) is 4.27. The van der Waals surface area contributed by atoms with E-state index in [1.165, 1.54) is 0 Å². The van der Waals surface area contributed by atoms with Crippen molar-refractivity contribution in [2.75, 3.05) is 32.6 Å². The van der Waals surface area contributed by atoms with E-state index < -0.39 is 0 Å². The number of carbonyl (C=O) groups is 1. The molecule has 7 heteroatoms. The Balaban J connectivity index is 1.83. The molecular formula is C25H29N5O2. The van der Waals surface area contributed by atoms with Crippen molar-refractivity contribution < 1.29 is 9.53 Å². The number of methoxy groups -OCH3 is 1. The molecule has 32 heavy (non-hydrogen) atoms. The van der Waals surface area contributed by atoms with Crippen LogP contribution in [0.3, 0.4) is 0 Å². The fourth-order valence-corrected chi connectivity index (χ4v) is 4.27. The molecule has 3 heterocycles. The molecule has 1 amide bonds. The van der Waals surface area contributed by atoms with Gasteiger partial charge in [-0.25, -0.2) is 9.97 Å². The summed E-state index contributed by atoms with van der Waals surface area (Å²) in [4.78, 5) is 31.3. The lowest BCUT2D eigenvalue weighted by Crippen LogP contribution is -2.39. The van der Waals surface area contributed by atoms with Crippen LogP contribution in [0.5, 0.6) is 5.75 Å². The average Bonchev–Trinajstić information content (AvgIpc) is 2.83. The van der Waals surface area contributed by atoms with Crippen molar-refractivity contribution in [2.24, 2.45) is 0 Å². The monoisotopic (exact) mass is 431 g/mol. The molecule has 7 nitrogen and oxygen atoms in total. The topological polar surface area (TPSA) is 71.5 Å². The van der Waals surface area contributed by atoms with Gasteiger partial charge in [-0.15, -0.1) is 0 Å². The molecule has 1 atom stereocenters. The Morgan fingerprint density at radius 2 is 1.94 bits per heavy atom. The minimum Gasteiger partial charge on any atom is -0.496 e. The van der Waals surface area contributed by atoms with Crippen molar-refractivity contribution in [1.82, 2.24) is 19.9 Å². The highest BCUT2D eigenvalue weighted by Crippen LogP contribution is 2.38. The number of anilines is 1. The number of piperidine rings is 1. The number of para-hydroxylation sites is 1. The Hall–Kier alpha value is -3.48. The minimum atomic E-state index is -0.148. The third kappa shape index (κ3) is 4.15. The molecule has 166 valence electrons. The van der Waals surface area contributed by atoms with Crippen molar-refractivity contribution in [2.45, 2.75) is 32.2 Å². The molecular weight excluding hydrogens is 402 g/mol. The van der Waals surface area contributed by atoms with E-state index in [2.05, 4.69) is 9.97 Å². The van der Waals surface area contributed by atoms with Gasteiger partial charge in [0.25, 0.3) is 5.91 Å².